The van der Waals surface area contributed by atoms with E-state index in [9.17, 15) is 18.0 Å². The van der Waals surface area contributed by atoms with Gasteiger partial charge in [0.25, 0.3) is 0 Å². The zero-order valence-corrected chi connectivity index (χ0v) is 15.2. The molecule has 0 bridgehead atoms. The number of likely N-dealkylation sites (tertiary alicyclic amines) is 1. The number of piperidine rings is 1. The van der Waals surface area contributed by atoms with Gasteiger partial charge in [-0.3, -0.25) is 0 Å². The number of nitrogens with one attached hydrogen (secondary N) is 1. The van der Waals surface area contributed by atoms with Crippen LogP contribution >= 0.6 is 0 Å². The molecule has 1 heterocycles. The fourth-order valence-corrected chi connectivity index (χ4v) is 3.30. The van der Waals surface area contributed by atoms with Crippen LogP contribution in [-0.4, -0.2) is 56.7 Å². The number of rotatable bonds is 6. The van der Waals surface area contributed by atoms with Gasteiger partial charge in [-0.25, -0.2) is 17.9 Å². The highest BCUT2D eigenvalue weighted by atomic mass is 32.2. The second kappa shape index (κ2) is 8.10. The van der Waals surface area contributed by atoms with Crippen LogP contribution in [0.5, 0.6) is 0 Å². The summed E-state index contributed by atoms with van der Waals surface area (Å²) >= 11 is 0. The Hall–Kier alpha value is -1.15. The van der Waals surface area contributed by atoms with E-state index in [-0.39, 0.29) is 6.09 Å². The minimum atomic E-state index is -3.38. The standard InChI is InChI=1S/C15H28N2O5S/c1-15(2,3)22-14(19)17-9-7-12(8-10-17)5-6-13(11-18)16-23(4,20)21/h11-13,16H,5-10H2,1-4H3/t13-/m1/s1. The van der Waals surface area contributed by atoms with E-state index in [0.717, 1.165) is 25.5 Å². The van der Waals surface area contributed by atoms with Crippen LogP contribution in [0.1, 0.15) is 46.5 Å². The predicted octanol–water partition coefficient (Wildman–Crippen LogP) is 1.53. The molecule has 0 aliphatic carbocycles. The van der Waals surface area contributed by atoms with Gasteiger partial charge in [0.2, 0.25) is 10.0 Å². The summed E-state index contributed by atoms with van der Waals surface area (Å²) in [6, 6.07) is -0.672. The Balaban J connectivity index is 2.36. The molecule has 1 saturated heterocycles. The molecule has 1 aliphatic rings. The molecule has 1 aliphatic heterocycles. The van der Waals surface area contributed by atoms with E-state index >= 15 is 0 Å². The normalized spacial score (nSPS) is 18.5. The summed E-state index contributed by atoms with van der Waals surface area (Å²) in [6.07, 6.45) is 4.30. The maximum absolute atomic E-state index is 12.0. The van der Waals surface area contributed by atoms with Gasteiger partial charge in [-0.1, -0.05) is 0 Å². The second-order valence-electron chi connectivity index (χ2n) is 7.12. The number of hydrogen-bond acceptors (Lipinski definition) is 5. The average Bonchev–Trinajstić information content (AvgIpc) is 2.41. The van der Waals surface area contributed by atoms with Gasteiger partial charge in [0.05, 0.1) is 12.3 Å². The molecule has 8 heteroatoms. The van der Waals surface area contributed by atoms with E-state index in [2.05, 4.69) is 4.72 Å². The Bertz CT molecular complexity index is 504. The minimum absolute atomic E-state index is 0.291. The molecule has 1 fully saturated rings. The molecule has 1 rings (SSSR count). The Morgan fingerprint density at radius 2 is 1.91 bits per heavy atom. The van der Waals surface area contributed by atoms with Gasteiger partial charge >= 0.3 is 6.09 Å². The Kier molecular flexibility index (Phi) is 7.01. The van der Waals surface area contributed by atoms with Crippen LogP contribution in [0, 0.1) is 5.92 Å². The minimum Gasteiger partial charge on any atom is -0.444 e. The fraction of sp³-hybridized carbons (Fsp3) is 0.867. The quantitative estimate of drug-likeness (QED) is 0.735. The van der Waals surface area contributed by atoms with Crippen molar-refractivity contribution in [3.05, 3.63) is 0 Å². The lowest BCUT2D eigenvalue weighted by molar-refractivity contribution is -0.109. The lowest BCUT2D eigenvalue weighted by atomic mass is 9.91. The van der Waals surface area contributed by atoms with E-state index in [1.807, 2.05) is 20.8 Å². The topological polar surface area (TPSA) is 92.8 Å². The predicted molar refractivity (Wildman–Crippen MR) is 87.6 cm³/mol. The van der Waals surface area contributed by atoms with Crippen molar-refractivity contribution in [3.8, 4) is 0 Å². The highest BCUT2D eigenvalue weighted by molar-refractivity contribution is 7.88. The largest absolute Gasteiger partial charge is 0.444 e. The van der Waals surface area contributed by atoms with Crippen molar-refractivity contribution in [1.82, 2.24) is 9.62 Å². The van der Waals surface area contributed by atoms with Crippen LogP contribution in [0.4, 0.5) is 4.79 Å². The van der Waals surface area contributed by atoms with Gasteiger partial charge < -0.3 is 14.4 Å². The molecular formula is C15H28N2O5S. The second-order valence-corrected chi connectivity index (χ2v) is 8.90. The van der Waals surface area contributed by atoms with Gasteiger partial charge in [0.15, 0.2) is 0 Å². The van der Waals surface area contributed by atoms with E-state index in [1.165, 1.54) is 0 Å². The van der Waals surface area contributed by atoms with E-state index in [1.54, 1.807) is 4.90 Å². The molecule has 0 aromatic rings. The molecule has 0 radical (unpaired) electrons. The molecule has 1 atom stereocenters. The molecule has 1 N–H and O–H groups in total. The van der Waals surface area contributed by atoms with Crippen molar-refractivity contribution in [2.24, 2.45) is 5.92 Å². The Labute approximate surface area is 138 Å². The molecule has 1 amide bonds. The van der Waals surface area contributed by atoms with Crippen molar-refractivity contribution in [3.63, 3.8) is 0 Å². The molecule has 7 nitrogen and oxygen atoms in total. The first-order chi connectivity index (χ1) is 10.5. The summed E-state index contributed by atoms with van der Waals surface area (Å²) in [6.45, 7) is 6.78. The molecule has 0 unspecified atom stereocenters. The van der Waals surface area contributed by atoms with Crippen LogP contribution < -0.4 is 4.72 Å². The number of ether oxygens (including phenoxy) is 1. The van der Waals surface area contributed by atoms with E-state index in [0.29, 0.717) is 31.7 Å². The van der Waals surface area contributed by atoms with Crippen molar-refractivity contribution in [2.75, 3.05) is 19.3 Å². The third-order valence-corrected chi connectivity index (χ3v) is 4.41. The number of carbonyl (C=O) groups excluding carboxylic acids is 2. The summed E-state index contributed by atoms with van der Waals surface area (Å²) in [5.41, 5.74) is -0.498. The van der Waals surface area contributed by atoms with Crippen LogP contribution in [0.15, 0.2) is 0 Å². The summed E-state index contributed by atoms with van der Waals surface area (Å²) in [5.74, 6) is 0.387. The Morgan fingerprint density at radius 3 is 2.35 bits per heavy atom. The maximum Gasteiger partial charge on any atom is 0.410 e. The Morgan fingerprint density at radius 1 is 1.35 bits per heavy atom. The zero-order chi connectivity index (χ0) is 17.7. The first-order valence-corrected chi connectivity index (χ1v) is 9.80. The molecule has 0 saturated carbocycles. The van der Waals surface area contributed by atoms with Gasteiger partial charge in [-0.2, -0.15) is 0 Å². The van der Waals surface area contributed by atoms with Gasteiger partial charge in [-0.05, 0) is 52.4 Å². The highest BCUT2D eigenvalue weighted by Crippen LogP contribution is 2.23. The molecular weight excluding hydrogens is 320 g/mol. The summed E-state index contributed by atoms with van der Waals surface area (Å²) in [7, 11) is -3.38. The monoisotopic (exact) mass is 348 g/mol. The SMILES string of the molecule is CC(C)(C)OC(=O)N1CCC(CC[C@H](C=O)NS(C)(=O)=O)CC1. The fourth-order valence-electron chi connectivity index (χ4n) is 2.58. The smallest absolute Gasteiger partial charge is 0.410 e. The van der Waals surface area contributed by atoms with Crippen molar-refractivity contribution in [1.29, 1.82) is 0 Å². The summed E-state index contributed by atoms with van der Waals surface area (Å²) in [4.78, 5) is 24.6. The highest BCUT2D eigenvalue weighted by Gasteiger charge is 2.27. The van der Waals surface area contributed by atoms with Crippen LogP contribution in [0.3, 0.4) is 0 Å². The van der Waals surface area contributed by atoms with E-state index in [4.69, 9.17) is 4.74 Å². The van der Waals surface area contributed by atoms with Crippen LogP contribution in [0.25, 0.3) is 0 Å². The van der Waals surface area contributed by atoms with Crippen LogP contribution in [0.2, 0.25) is 0 Å². The molecule has 134 valence electrons. The van der Waals surface area contributed by atoms with Gasteiger partial charge in [0, 0.05) is 13.1 Å². The van der Waals surface area contributed by atoms with E-state index < -0.39 is 21.7 Å². The summed E-state index contributed by atoms with van der Waals surface area (Å²) in [5, 5.41) is 0. The van der Waals surface area contributed by atoms with Gasteiger partial charge in [-0.15, -0.1) is 0 Å². The average molecular weight is 348 g/mol. The number of nitrogens with zero attached hydrogens (tertiary/aromatic N) is 1. The third-order valence-electron chi connectivity index (χ3n) is 3.68. The number of sulfonamides is 1. The van der Waals surface area contributed by atoms with Crippen molar-refractivity contribution in [2.45, 2.75) is 58.1 Å². The summed E-state index contributed by atoms with van der Waals surface area (Å²) < 4.78 is 30.0. The molecule has 0 spiro atoms. The number of amides is 1. The van der Waals surface area contributed by atoms with Crippen molar-refractivity contribution >= 4 is 22.4 Å². The lowest BCUT2D eigenvalue weighted by Gasteiger charge is -2.33. The number of aldehydes is 1. The first kappa shape index (κ1) is 19.9. The number of hydrogen-bond donors (Lipinski definition) is 1. The van der Waals surface area contributed by atoms with Gasteiger partial charge in [0.1, 0.15) is 11.9 Å². The number of carbonyl (C=O) groups is 2. The third kappa shape index (κ3) is 8.31. The molecule has 0 aromatic heterocycles. The van der Waals surface area contributed by atoms with Crippen molar-refractivity contribution < 1.29 is 22.7 Å². The molecule has 0 aromatic carbocycles. The maximum atomic E-state index is 12.0. The molecule has 23 heavy (non-hydrogen) atoms. The van der Waals surface area contributed by atoms with Crippen LogP contribution in [-0.2, 0) is 19.6 Å². The lowest BCUT2D eigenvalue weighted by Crippen LogP contribution is -2.42. The zero-order valence-electron chi connectivity index (χ0n) is 14.4. The first-order valence-electron chi connectivity index (χ1n) is 7.90.